The minimum absolute atomic E-state index is 0.271. The molecule has 1 unspecified atom stereocenters. The second-order valence-electron chi connectivity index (χ2n) is 5.67. The largest absolute Gasteiger partial charge is 0.383 e. The summed E-state index contributed by atoms with van der Waals surface area (Å²) in [6.07, 6.45) is 4.65. The fourth-order valence-corrected chi connectivity index (χ4v) is 4.12. The molecule has 2 aromatic rings. The van der Waals surface area contributed by atoms with Gasteiger partial charge in [0.1, 0.15) is 0 Å². The van der Waals surface area contributed by atoms with Crippen LogP contribution in [0.25, 0.3) is 0 Å². The van der Waals surface area contributed by atoms with E-state index in [1.165, 1.54) is 0 Å². The van der Waals surface area contributed by atoms with Crippen LogP contribution in [0.3, 0.4) is 0 Å². The van der Waals surface area contributed by atoms with E-state index in [1.807, 2.05) is 10.9 Å². The van der Waals surface area contributed by atoms with Crippen molar-refractivity contribution in [3.63, 3.8) is 0 Å². The van der Waals surface area contributed by atoms with E-state index >= 15 is 0 Å². The van der Waals surface area contributed by atoms with Gasteiger partial charge >= 0.3 is 0 Å². The monoisotopic (exact) mass is 335 g/mol. The van der Waals surface area contributed by atoms with Crippen LogP contribution >= 0.6 is 0 Å². The number of aryl methyl sites for hydroxylation is 1. The molecule has 1 aromatic carbocycles. The SMILES string of the molecule is COCCn1cc2c(n1)C(NS(=O)(=O)c1ccccc1)CCC2. The summed E-state index contributed by atoms with van der Waals surface area (Å²) in [7, 11) is -1.88. The van der Waals surface area contributed by atoms with Crippen LogP contribution in [-0.2, 0) is 27.7 Å². The molecule has 1 atom stereocenters. The topological polar surface area (TPSA) is 73.2 Å². The highest BCUT2D eigenvalue weighted by atomic mass is 32.2. The average molecular weight is 335 g/mol. The van der Waals surface area contributed by atoms with Gasteiger partial charge in [-0.1, -0.05) is 18.2 Å². The van der Waals surface area contributed by atoms with Crippen LogP contribution in [0.5, 0.6) is 0 Å². The van der Waals surface area contributed by atoms with Gasteiger partial charge in [0, 0.05) is 13.3 Å². The highest BCUT2D eigenvalue weighted by molar-refractivity contribution is 7.89. The third kappa shape index (κ3) is 3.63. The van der Waals surface area contributed by atoms with Crippen LogP contribution in [0.1, 0.15) is 30.1 Å². The molecular weight excluding hydrogens is 314 g/mol. The van der Waals surface area contributed by atoms with E-state index in [1.54, 1.807) is 37.4 Å². The van der Waals surface area contributed by atoms with Gasteiger partial charge in [-0.2, -0.15) is 5.10 Å². The van der Waals surface area contributed by atoms with Crippen LogP contribution in [-0.4, -0.2) is 31.9 Å². The summed E-state index contributed by atoms with van der Waals surface area (Å²) >= 11 is 0. The Balaban J connectivity index is 1.82. The van der Waals surface area contributed by atoms with Crippen molar-refractivity contribution < 1.29 is 13.2 Å². The molecule has 1 aliphatic carbocycles. The minimum atomic E-state index is -3.53. The third-order valence-corrected chi connectivity index (χ3v) is 5.50. The Bertz CT molecular complexity index is 756. The number of hydrogen-bond donors (Lipinski definition) is 1. The minimum Gasteiger partial charge on any atom is -0.383 e. The summed E-state index contributed by atoms with van der Waals surface area (Å²) in [6, 6.07) is 8.18. The van der Waals surface area contributed by atoms with Crippen molar-refractivity contribution in [1.82, 2.24) is 14.5 Å². The molecule has 7 heteroatoms. The van der Waals surface area contributed by atoms with E-state index in [2.05, 4.69) is 9.82 Å². The average Bonchev–Trinajstić information content (AvgIpc) is 2.98. The van der Waals surface area contributed by atoms with Crippen molar-refractivity contribution in [2.75, 3.05) is 13.7 Å². The molecule has 3 rings (SSSR count). The number of ether oxygens (including phenoxy) is 1. The maximum absolute atomic E-state index is 12.5. The number of hydrogen-bond acceptors (Lipinski definition) is 4. The molecule has 6 nitrogen and oxygen atoms in total. The van der Waals surface area contributed by atoms with Gasteiger partial charge in [-0.15, -0.1) is 0 Å². The first-order chi connectivity index (χ1) is 11.1. The van der Waals surface area contributed by atoms with Crippen LogP contribution in [0, 0.1) is 0 Å². The summed E-state index contributed by atoms with van der Waals surface area (Å²) in [6.45, 7) is 1.25. The lowest BCUT2D eigenvalue weighted by Gasteiger charge is -2.22. The number of nitrogens with one attached hydrogen (secondary N) is 1. The maximum Gasteiger partial charge on any atom is 0.241 e. The zero-order valence-electron chi connectivity index (χ0n) is 13.1. The predicted molar refractivity (Wildman–Crippen MR) is 86.5 cm³/mol. The molecule has 0 saturated carbocycles. The predicted octanol–water partition coefficient (Wildman–Crippen LogP) is 1.89. The van der Waals surface area contributed by atoms with Gasteiger partial charge in [0.25, 0.3) is 0 Å². The van der Waals surface area contributed by atoms with Crippen molar-refractivity contribution in [2.45, 2.75) is 36.7 Å². The summed E-state index contributed by atoms with van der Waals surface area (Å²) in [4.78, 5) is 0.283. The highest BCUT2D eigenvalue weighted by Crippen LogP contribution is 2.29. The zero-order chi connectivity index (χ0) is 16.3. The highest BCUT2D eigenvalue weighted by Gasteiger charge is 2.28. The lowest BCUT2D eigenvalue weighted by molar-refractivity contribution is 0.183. The number of aromatic nitrogens is 2. The zero-order valence-corrected chi connectivity index (χ0v) is 13.9. The third-order valence-electron chi connectivity index (χ3n) is 4.01. The molecule has 0 spiro atoms. The van der Waals surface area contributed by atoms with Crippen molar-refractivity contribution >= 4 is 10.0 Å². The van der Waals surface area contributed by atoms with E-state index in [4.69, 9.17) is 4.74 Å². The molecule has 0 fully saturated rings. The van der Waals surface area contributed by atoms with Gasteiger partial charge in [0.2, 0.25) is 10.0 Å². The van der Waals surface area contributed by atoms with Crippen molar-refractivity contribution in [2.24, 2.45) is 0 Å². The quantitative estimate of drug-likeness (QED) is 0.875. The lowest BCUT2D eigenvalue weighted by Crippen LogP contribution is -2.31. The molecule has 0 aliphatic heterocycles. The number of rotatable bonds is 6. The van der Waals surface area contributed by atoms with Gasteiger partial charge in [-0.25, -0.2) is 13.1 Å². The second kappa shape index (κ2) is 6.82. The summed E-state index contributed by atoms with van der Waals surface area (Å²) in [5.74, 6) is 0. The smallest absolute Gasteiger partial charge is 0.241 e. The van der Waals surface area contributed by atoms with Crippen molar-refractivity contribution in [3.05, 3.63) is 47.8 Å². The molecule has 0 radical (unpaired) electrons. The fourth-order valence-electron chi connectivity index (χ4n) is 2.87. The fraction of sp³-hybridized carbons (Fsp3) is 0.438. The molecule has 23 heavy (non-hydrogen) atoms. The first-order valence-corrected chi connectivity index (χ1v) is 9.21. The molecular formula is C16H21N3O3S. The number of fused-ring (bicyclic) bond motifs is 1. The van der Waals surface area contributed by atoms with E-state index in [9.17, 15) is 8.42 Å². The van der Waals surface area contributed by atoms with Gasteiger partial charge in [-0.05, 0) is 37.0 Å². The van der Waals surface area contributed by atoms with E-state index in [-0.39, 0.29) is 10.9 Å². The van der Waals surface area contributed by atoms with Crippen LogP contribution < -0.4 is 4.72 Å². The van der Waals surface area contributed by atoms with Gasteiger partial charge < -0.3 is 4.74 Å². The summed E-state index contributed by atoms with van der Waals surface area (Å²) in [5.41, 5.74) is 1.96. The normalized spacial score (nSPS) is 17.9. The van der Waals surface area contributed by atoms with Crippen LogP contribution in [0.15, 0.2) is 41.4 Å². The second-order valence-corrected chi connectivity index (χ2v) is 7.39. The molecule has 0 bridgehead atoms. The van der Waals surface area contributed by atoms with Crippen LogP contribution in [0.4, 0.5) is 0 Å². The molecule has 1 heterocycles. The number of methoxy groups -OCH3 is 1. The van der Waals surface area contributed by atoms with Gasteiger partial charge in [0.05, 0.1) is 29.8 Å². The Labute approximate surface area is 136 Å². The van der Waals surface area contributed by atoms with E-state index < -0.39 is 10.0 Å². The Morgan fingerprint density at radius 2 is 2.13 bits per heavy atom. The number of sulfonamides is 1. The summed E-state index contributed by atoms with van der Waals surface area (Å²) < 4.78 is 34.8. The van der Waals surface area contributed by atoms with Gasteiger partial charge in [-0.3, -0.25) is 4.68 Å². The first kappa shape index (κ1) is 16.2. The Morgan fingerprint density at radius 1 is 1.35 bits per heavy atom. The molecule has 0 amide bonds. The van der Waals surface area contributed by atoms with Crippen molar-refractivity contribution in [3.8, 4) is 0 Å². The molecule has 1 aliphatic rings. The Morgan fingerprint density at radius 3 is 2.87 bits per heavy atom. The molecule has 0 saturated heterocycles. The van der Waals surface area contributed by atoms with Gasteiger partial charge in [0.15, 0.2) is 0 Å². The van der Waals surface area contributed by atoms with Crippen LogP contribution in [0.2, 0.25) is 0 Å². The number of benzene rings is 1. The Kier molecular flexibility index (Phi) is 4.79. The number of nitrogens with zero attached hydrogens (tertiary/aromatic N) is 2. The lowest BCUT2D eigenvalue weighted by atomic mass is 9.94. The molecule has 1 N–H and O–H groups in total. The van der Waals surface area contributed by atoms with E-state index in [0.29, 0.717) is 13.2 Å². The molecule has 1 aromatic heterocycles. The maximum atomic E-state index is 12.5. The summed E-state index contributed by atoms with van der Waals surface area (Å²) in [5, 5.41) is 4.56. The van der Waals surface area contributed by atoms with E-state index in [0.717, 1.165) is 30.5 Å². The Hall–Kier alpha value is -1.70. The van der Waals surface area contributed by atoms with Crippen molar-refractivity contribution in [1.29, 1.82) is 0 Å². The first-order valence-electron chi connectivity index (χ1n) is 7.73. The standard InChI is InChI=1S/C16H21N3O3S/c1-22-11-10-19-12-13-6-5-9-15(16(13)17-19)18-23(20,21)14-7-3-2-4-8-14/h2-4,7-8,12,15,18H,5-6,9-11H2,1H3. The molecule has 124 valence electrons.